The van der Waals surface area contributed by atoms with Gasteiger partial charge in [0.15, 0.2) is 6.10 Å². The van der Waals surface area contributed by atoms with E-state index >= 15 is 0 Å². The van der Waals surface area contributed by atoms with Gasteiger partial charge in [0.25, 0.3) is 5.91 Å². The van der Waals surface area contributed by atoms with Crippen molar-refractivity contribution in [1.29, 1.82) is 0 Å². The van der Waals surface area contributed by atoms with Gasteiger partial charge in [0.2, 0.25) is 0 Å². The van der Waals surface area contributed by atoms with Gasteiger partial charge in [-0.15, -0.1) is 0 Å². The molecule has 0 saturated carbocycles. The maximum Gasteiger partial charge on any atom is 0.280 e. The van der Waals surface area contributed by atoms with E-state index in [1.54, 1.807) is 25.1 Å². The molecule has 0 saturated heterocycles. The van der Waals surface area contributed by atoms with Crippen LogP contribution in [0.4, 0.5) is 0 Å². The number of carbonyl (C=O) groups excluding carboxylic acids is 1. The SMILES string of the molecule is Cc1ccc(C=NNC(=O)C(C)Oc2ccc(Br)cc2)o1. The van der Waals surface area contributed by atoms with Gasteiger partial charge in [-0.1, -0.05) is 15.9 Å². The van der Waals surface area contributed by atoms with E-state index < -0.39 is 6.10 Å². The van der Waals surface area contributed by atoms with E-state index in [1.807, 2.05) is 25.1 Å². The number of amides is 1. The van der Waals surface area contributed by atoms with Crippen LogP contribution in [0, 0.1) is 6.92 Å². The van der Waals surface area contributed by atoms with Crippen LogP contribution in [0.1, 0.15) is 18.4 Å². The molecule has 110 valence electrons. The normalized spacial score (nSPS) is 12.3. The average Bonchev–Trinajstić information content (AvgIpc) is 2.87. The van der Waals surface area contributed by atoms with Gasteiger partial charge in [-0.2, -0.15) is 5.10 Å². The molecule has 6 heteroatoms. The third kappa shape index (κ3) is 4.75. The predicted molar refractivity (Wildman–Crippen MR) is 83.4 cm³/mol. The van der Waals surface area contributed by atoms with Crippen molar-refractivity contribution < 1.29 is 13.9 Å². The minimum absolute atomic E-state index is 0.336. The third-order valence-corrected chi connectivity index (χ3v) is 3.15. The van der Waals surface area contributed by atoms with Gasteiger partial charge in [-0.25, -0.2) is 5.43 Å². The number of hydrogen-bond donors (Lipinski definition) is 1. The number of aryl methyl sites for hydroxylation is 1. The van der Waals surface area contributed by atoms with E-state index in [1.165, 1.54) is 6.21 Å². The Balaban J connectivity index is 1.85. The molecule has 1 aromatic carbocycles. The Kier molecular flexibility index (Phi) is 5.16. The van der Waals surface area contributed by atoms with Crippen LogP contribution in [0.5, 0.6) is 5.75 Å². The van der Waals surface area contributed by atoms with Crippen molar-refractivity contribution in [3.05, 3.63) is 52.4 Å². The number of rotatable bonds is 5. The van der Waals surface area contributed by atoms with Crippen LogP contribution in [0.25, 0.3) is 0 Å². The Bertz CT molecular complexity index is 635. The molecule has 1 atom stereocenters. The van der Waals surface area contributed by atoms with Gasteiger partial charge in [-0.3, -0.25) is 4.79 Å². The summed E-state index contributed by atoms with van der Waals surface area (Å²) in [5.41, 5.74) is 2.41. The molecule has 1 N–H and O–H groups in total. The zero-order valence-corrected chi connectivity index (χ0v) is 13.3. The number of nitrogens with zero attached hydrogens (tertiary/aromatic N) is 1. The van der Waals surface area contributed by atoms with Crippen LogP contribution < -0.4 is 10.2 Å². The first-order chi connectivity index (χ1) is 10.0. The zero-order valence-electron chi connectivity index (χ0n) is 11.7. The highest BCUT2D eigenvalue weighted by Crippen LogP contribution is 2.17. The monoisotopic (exact) mass is 350 g/mol. The standard InChI is InChI=1S/C15H15BrN2O3/c1-10-3-6-14(20-10)9-17-18-15(19)11(2)21-13-7-4-12(16)5-8-13/h3-9,11H,1-2H3,(H,18,19). The fourth-order valence-electron chi connectivity index (χ4n) is 1.54. The van der Waals surface area contributed by atoms with E-state index in [4.69, 9.17) is 9.15 Å². The van der Waals surface area contributed by atoms with Crippen LogP contribution in [0.15, 0.2) is 50.4 Å². The van der Waals surface area contributed by atoms with Crippen molar-refractivity contribution in [2.75, 3.05) is 0 Å². The second-order valence-corrected chi connectivity index (χ2v) is 5.31. The summed E-state index contributed by atoms with van der Waals surface area (Å²) < 4.78 is 11.8. The Labute approximate surface area is 131 Å². The number of hydrazone groups is 1. The molecule has 1 amide bonds. The molecule has 0 fully saturated rings. The van der Waals surface area contributed by atoms with Crippen molar-refractivity contribution in [2.24, 2.45) is 5.10 Å². The number of halogens is 1. The molecule has 2 rings (SSSR count). The van der Waals surface area contributed by atoms with Gasteiger partial charge in [0.1, 0.15) is 17.3 Å². The lowest BCUT2D eigenvalue weighted by molar-refractivity contribution is -0.127. The maximum atomic E-state index is 11.8. The molecular weight excluding hydrogens is 336 g/mol. The lowest BCUT2D eigenvalue weighted by atomic mass is 10.3. The number of ether oxygens (including phenoxy) is 1. The quantitative estimate of drug-likeness (QED) is 0.664. The topological polar surface area (TPSA) is 63.8 Å². The van der Waals surface area contributed by atoms with E-state index in [0.717, 1.165) is 10.2 Å². The van der Waals surface area contributed by atoms with Crippen molar-refractivity contribution in [2.45, 2.75) is 20.0 Å². The van der Waals surface area contributed by atoms with Gasteiger partial charge >= 0.3 is 0 Å². The Morgan fingerprint density at radius 3 is 2.67 bits per heavy atom. The highest BCUT2D eigenvalue weighted by molar-refractivity contribution is 9.10. The first-order valence-electron chi connectivity index (χ1n) is 6.36. The second kappa shape index (κ2) is 7.08. The van der Waals surface area contributed by atoms with Crippen molar-refractivity contribution >= 4 is 28.1 Å². The van der Waals surface area contributed by atoms with E-state index in [0.29, 0.717) is 11.5 Å². The number of benzene rings is 1. The number of carbonyl (C=O) groups is 1. The fraction of sp³-hybridized carbons (Fsp3) is 0.200. The van der Waals surface area contributed by atoms with Crippen LogP contribution >= 0.6 is 15.9 Å². The first-order valence-corrected chi connectivity index (χ1v) is 7.15. The van der Waals surface area contributed by atoms with Crippen LogP contribution in [0.3, 0.4) is 0 Å². The summed E-state index contributed by atoms with van der Waals surface area (Å²) >= 11 is 3.34. The molecule has 1 unspecified atom stereocenters. The lowest BCUT2D eigenvalue weighted by Gasteiger charge is -2.12. The number of nitrogens with one attached hydrogen (secondary N) is 1. The fourth-order valence-corrected chi connectivity index (χ4v) is 1.81. The minimum atomic E-state index is -0.651. The molecule has 5 nitrogen and oxygen atoms in total. The third-order valence-electron chi connectivity index (χ3n) is 2.62. The van der Waals surface area contributed by atoms with Crippen molar-refractivity contribution in [1.82, 2.24) is 5.43 Å². The van der Waals surface area contributed by atoms with Crippen molar-refractivity contribution in [3.63, 3.8) is 0 Å². The molecule has 0 aliphatic carbocycles. The summed E-state index contributed by atoms with van der Waals surface area (Å²) in [6, 6.07) is 10.8. The molecule has 1 aromatic heterocycles. The predicted octanol–water partition coefficient (Wildman–Crippen LogP) is 3.27. The summed E-state index contributed by atoms with van der Waals surface area (Å²) in [6.07, 6.45) is 0.790. The summed E-state index contributed by atoms with van der Waals surface area (Å²) in [5, 5.41) is 3.83. The molecular formula is C15H15BrN2O3. The molecule has 1 heterocycles. The average molecular weight is 351 g/mol. The summed E-state index contributed by atoms with van der Waals surface area (Å²) in [7, 11) is 0. The number of furan rings is 1. The molecule has 0 aliphatic heterocycles. The summed E-state index contributed by atoms with van der Waals surface area (Å²) in [5.74, 6) is 1.65. The highest BCUT2D eigenvalue weighted by atomic mass is 79.9. The molecule has 0 bridgehead atoms. The maximum absolute atomic E-state index is 11.8. The van der Waals surface area contributed by atoms with Gasteiger partial charge < -0.3 is 9.15 Å². The molecule has 21 heavy (non-hydrogen) atoms. The van der Waals surface area contributed by atoms with Gasteiger partial charge in [0, 0.05) is 4.47 Å². The Morgan fingerprint density at radius 1 is 1.33 bits per heavy atom. The number of hydrogen-bond acceptors (Lipinski definition) is 4. The summed E-state index contributed by atoms with van der Waals surface area (Å²) in [4.78, 5) is 11.8. The molecule has 0 spiro atoms. The lowest BCUT2D eigenvalue weighted by Crippen LogP contribution is -2.33. The zero-order chi connectivity index (χ0) is 15.2. The first kappa shape index (κ1) is 15.3. The largest absolute Gasteiger partial charge is 0.481 e. The van der Waals surface area contributed by atoms with Crippen LogP contribution in [-0.2, 0) is 4.79 Å². The Hall–Kier alpha value is -2.08. The van der Waals surface area contributed by atoms with E-state index in [-0.39, 0.29) is 5.91 Å². The second-order valence-electron chi connectivity index (χ2n) is 4.40. The van der Waals surface area contributed by atoms with E-state index in [2.05, 4.69) is 26.5 Å². The molecule has 2 aromatic rings. The van der Waals surface area contributed by atoms with Gasteiger partial charge in [0.05, 0.1) is 6.21 Å². The van der Waals surface area contributed by atoms with Gasteiger partial charge in [-0.05, 0) is 50.2 Å². The summed E-state index contributed by atoms with van der Waals surface area (Å²) in [6.45, 7) is 3.49. The van der Waals surface area contributed by atoms with Crippen LogP contribution in [-0.4, -0.2) is 18.2 Å². The van der Waals surface area contributed by atoms with E-state index in [9.17, 15) is 4.79 Å². The minimum Gasteiger partial charge on any atom is -0.481 e. The van der Waals surface area contributed by atoms with Crippen LogP contribution in [0.2, 0.25) is 0 Å². The molecule has 0 aliphatic rings. The van der Waals surface area contributed by atoms with Crippen molar-refractivity contribution in [3.8, 4) is 5.75 Å². The smallest absolute Gasteiger partial charge is 0.280 e. The molecule has 0 radical (unpaired) electrons. The highest BCUT2D eigenvalue weighted by Gasteiger charge is 2.13. The Morgan fingerprint density at radius 2 is 2.05 bits per heavy atom.